The zero-order chi connectivity index (χ0) is 25.0. The summed E-state index contributed by atoms with van der Waals surface area (Å²) in [6.07, 6.45) is 2.31. The molecule has 35 heavy (non-hydrogen) atoms. The number of primary amides is 1. The van der Waals surface area contributed by atoms with Gasteiger partial charge in [-0.2, -0.15) is 4.98 Å². The fourth-order valence-electron chi connectivity index (χ4n) is 4.21. The van der Waals surface area contributed by atoms with Gasteiger partial charge in [0.1, 0.15) is 0 Å². The maximum absolute atomic E-state index is 13.3. The van der Waals surface area contributed by atoms with E-state index in [9.17, 15) is 14.4 Å². The number of amides is 1. The van der Waals surface area contributed by atoms with E-state index in [1.54, 1.807) is 49.1 Å². The predicted octanol–water partition coefficient (Wildman–Crippen LogP) is 2.52. The molecule has 5 rings (SSSR count). The average Bonchev–Trinajstić information content (AvgIpc) is 3.57. The summed E-state index contributed by atoms with van der Waals surface area (Å²) in [6.45, 7) is 0.0302. The first-order chi connectivity index (χ1) is 16.7. The number of aromatic nitrogens is 5. The summed E-state index contributed by atoms with van der Waals surface area (Å²) in [6, 6.07) is 8.54. The fraction of sp³-hybridized carbons (Fsp3) is 0.261. The number of nitrogens with one attached hydrogen (secondary N) is 1. The molecule has 1 saturated carbocycles. The van der Waals surface area contributed by atoms with Crippen LogP contribution in [0.4, 0.5) is 11.6 Å². The lowest BCUT2D eigenvalue weighted by molar-refractivity contribution is -0.119. The first kappa shape index (κ1) is 23.1. The molecule has 12 heteroatoms. The molecule has 0 aliphatic heterocycles. The number of imidazole rings is 1. The van der Waals surface area contributed by atoms with Crippen LogP contribution in [0.25, 0.3) is 11.2 Å². The number of rotatable bonds is 6. The number of nitrogens with zero attached hydrogens (tertiary/aromatic N) is 5. The van der Waals surface area contributed by atoms with Crippen LogP contribution in [0.2, 0.25) is 10.0 Å². The normalized spacial score (nSPS) is 17.0. The van der Waals surface area contributed by atoms with Crippen LogP contribution >= 0.6 is 23.2 Å². The Hall–Kier alpha value is -3.63. The van der Waals surface area contributed by atoms with Gasteiger partial charge in [0, 0.05) is 43.5 Å². The van der Waals surface area contributed by atoms with Gasteiger partial charge >= 0.3 is 5.69 Å². The molecule has 180 valence electrons. The molecule has 3 N–H and O–H groups in total. The fourth-order valence-corrected chi connectivity index (χ4v) is 4.53. The van der Waals surface area contributed by atoms with Gasteiger partial charge in [0.15, 0.2) is 11.2 Å². The molecule has 1 fully saturated rings. The molecule has 4 aromatic rings. The zero-order valence-corrected chi connectivity index (χ0v) is 20.3. The van der Waals surface area contributed by atoms with E-state index in [2.05, 4.69) is 15.3 Å². The summed E-state index contributed by atoms with van der Waals surface area (Å²) in [5.74, 6) is -0.150. The number of halogens is 2. The minimum Gasteiger partial charge on any atom is -0.369 e. The monoisotopic (exact) mass is 513 g/mol. The van der Waals surface area contributed by atoms with Crippen LogP contribution in [0, 0.1) is 5.92 Å². The number of hydrogen-bond donors (Lipinski definition) is 2. The Morgan fingerprint density at radius 2 is 1.91 bits per heavy atom. The molecule has 3 aromatic heterocycles. The first-order valence-corrected chi connectivity index (χ1v) is 11.5. The Kier molecular flexibility index (Phi) is 5.65. The highest BCUT2D eigenvalue weighted by molar-refractivity contribution is 6.42. The molecule has 1 aliphatic carbocycles. The number of carbonyl (C=O) groups excluding carboxylic acids is 1. The highest BCUT2D eigenvalue weighted by Gasteiger charge is 2.43. The molecule has 0 radical (unpaired) electrons. The number of aryl methyl sites for hydroxylation is 2. The van der Waals surface area contributed by atoms with Crippen molar-refractivity contribution in [3.8, 4) is 0 Å². The Morgan fingerprint density at radius 1 is 1.14 bits per heavy atom. The van der Waals surface area contributed by atoms with Crippen molar-refractivity contribution >= 4 is 51.9 Å². The number of pyridine rings is 1. The molecular formula is C23H21Cl2N7O3. The lowest BCUT2D eigenvalue weighted by Crippen LogP contribution is -2.39. The number of anilines is 2. The summed E-state index contributed by atoms with van der Waals surface area (Å²) in [5, 5.41) is 3.91. The van der Waals surface area contributed by atoms with Crippen LogP contribution in [0.1, 0.15) is 23.6 Å². The van der Waals surface area contributed by atoms with Crippen molar-refractivity contribution in [1.82, 2.24) is 23.7 Å². The summed E-state index contributed by atoms with van der Waals surface area (Å²) in [5.41, 5.74) is 7.04. The molecule has 2 atom stereocenters. The van der Waals surface area contributed by atoms with Crippen molar-refractivity contribution in [2.24, 2.45) is 25.7 Å². The van der Waals surface area contributed by atoms with Crippen molar-refractivity contribution in [2.75, 3.05) is 5.32 Å². The Labute approximate surface area is 208 Å². The SMILES string of the molecule is Cn1c(Nc2ccnc(C3CC3C(N)=O)c2)nc2c1c(=O)n(Cc1ccc(Cl)c(Cl)c1)c(=O)n2C. The van der Waals surface area contributed by atoms with E-state index in [0.29, 0.717) is 33.7 Å². The van der Waals surface area contributed by atoms with Gasteiger partial charge in [-0.1, -0.05) is 29.3 Å². The van der Waals surface area contributed by atoms with Gasteiger partial charge in [-0.15, -0.1) is 0 Å². The molecule has 0 bridgehead atoms. The molecule has 0 spiro atoms. The second-order valence-corrected chi connectivity index (χ2v) is 9.41. The van der Waals surface area contributed by atoms with Crippen molar-refractivity contribution in [1.29, 1.82) is 0 Å². The largest absolute Gasteiger partial charge is 0.369 e. The second kappa shape index (κ2) is 8.54. The Balaban J connectivity index is 1.52. The van der Waals surface area contributed by atoms with Crippen LogP contribution in [-0.4, -0.2) is 29.6 Å². The maximum atomic E-state index is 13.3. The smallest absolute Gasteiger partial charge is 0.332 e. The van der Waals surface area contributed by atoms with Gasteiger partial charge in [0.05, 0.1) is 16.6 Å². The van der Waals surface area contributed by atoms with Crippen LogP contribution in [-0.2, 0) is 25.4 Å². The Morgan fingerprint density at radius 3 is 2.60 bits per heavy atom. The van der Waals surface area contributed by atoms with Crippen molar-refractivity contribution < 1.29 is 4.79 Å². The van der Waals surface area contributed by atoms with Crippen LogP contribution in [0.3, 0.4) is 0 Å². The zero-order valence-electron chi connectivity index (χ0n) is 18.8. The van der Waals surface area contributed by atoms with E-state index in [4.69, 9.17) is 28.9 Å². The Bertz CT molecular complexity index is 1620. The predicted molar refractivity (Wildman–Crippen MR) is 133 cm³/mol. The minimum atomic E-state index is -0.504. The summed E-state index contributed by atoms with van der Waals surface area (Å²) < 4.78 is 4.07. The molecule has 1 aliphatic rings. The van der Waals surface area contributed by atoms with Gasteiger partial charge in [0.25, 0.3) is 5.56 Å². The van der Waals surface area contributed by atoms with Gasteiger partial charge < -0.3 is 15.6 Å². The first-order valence-electron chi connectivity index (χ1n) is 10.8. The van der Waals surface area contributed by atoms with Crippen molar-refractivity contribution in [3.63, 3.8) is 0 Å². The highest BCUT2D eigenvalue weighted by atomic mass is 35.5. The molecular weight excluding hydrogens is 493 g/mol. The van der Waals surface area contributed by atoms with Crippen molar-refractivity contribution in [2.45, 2.75) is 18.9 Å². The number of carbonyl (C=O) groups is 1. The van der Waals surface area contributed by atoms with Crippen LogP contribution < -0.4 is 22.3 Å². The third-order valence-electron chi connectivity index (χ3n) is 6.26. The van der Waals surface area contributed by atoms with E-state index in [0.717, 1.165) is 10.3 Å². The van der Waals surface area contributed by atoms with Crippen LogP contribution in [0.15, 0.2) is 46.1 Å². The molecule has 0 saturated heterocycles. The van der Waals surface area contributed by atoms with Gasteiger partial charge in [0.2, 0.25) is 11.9 Å². The number of hydrogen-bond acceptors (Lipinski definition) is 6. The maximum Gasteiger partial charge on any atom is 0.332 e. The van der Waals surface area contributed by atoms with E-state index in [1.807, 2.05) is 6.07 Å². The van der Waals surface area contributed by atoms with E-state index >= 15 is 0 Å². The highest BCUT2D eigenvalue weighted by Crippen LogP contribution is 2.46. The van der Waals surface area contributed by atoms with Gasteiger partial charge in [-0.05, 0) is 36.2 Å². The van der Waals surface area contributed by atoms with E-state index < -0.39 is 11.2 Å². The number of nitrogens with two attached hydrogens (primary N) is 1. The third kappa shape index (κ3) is 4.08. The van der Waals surface area contributed by atoms with E-state index in [1.165, 1.54) is 4.57 Å². The lowest BCUT2D eigenvalue weighted by atomic mass is 10.2. The summed E-state index contributed by atoms with van der Waals surface area (Å²) in [7, 11) is 3.26. The molecule has 3 heterocycles. The van der Waals surface area contributed by atoms with Gasteiger partial charge in [-0.3, -0.25) is 23.7 Å². The van der Waals surface area contributed by atoms with Gasteiger partial charge in [-0.25, -0.2) is 4.79 Å². The lowest BCUT2D eigenvalue weighted by Gasteiger charge is -2.10. The molecule has 2 unspecified atom stereocenters. The third-order valence-corrected chi connectivity index (χ3v) is 7.00. The molecule has 10 nitrogen and oxygen atoms in total. The minimum absolute atomic E-state index is 0.00379. The average molecular weight is 514 g/mol. The molecule has 1 amide bonds. The van der Waals surface area contributed by atoms with Crippen LogP contribution in [0.5, 0.6) is 0 Å². The topological polar surface area (TPSA) is 130 Å². The number of benzene rings is 1. The molecule has 1 aromatic carbocycles. The second-order valence-electron chi connectivity index (χ2n) is 8.59. The standard InChI is InChI=1S/C23H21Cl2N7O3/c1-30-18-20(29-22(30)28-12-5-6-27-17(8-12)13-9-14(13)19(26)33)31(2)23(35)32(21(18)34)10-11-3-4-15(24)16(25)7-11/h3-8,13-14H,9-10H2,1-2H3,(H2,26,33)(H,27,28,29). The number of fused-ring (bicyclic) bond motifs is 1. The summed E-state index contributed by atoms with van der Waals surface area (Å²) in [4.78, 5) is 46.6. The van der Waals surface area contributed by atoms with Crippen molar-refractivity contribution in [3.05, 3.63) is 78.7 Å². The quantitative estimate of drug-likeness (QED) is 0.407. The summed E-state index contributed by atoms with van der Waals surface area (Å²) >= 11 is 12.1. The van der Waals surface area contributed by atoms with E-state index in [-0.39, 0.29) is 35.5 Å².